The predicted molar refractivity (Wildman–Crippen MR) is 88.2 cm³/mol. The summed E-state index contributed by atoms with van der Waals surface area (Å²) in [6.45, 7) is 3.52. The van der Waals surface area contributed by atoms with Gasteiger partial charge >= 0.3 is 0 Å². The Hall–Kier alpha value is -2.14. The van der Waals surface area contributed by atoms with E-state index in [0.29, 0.717) is 0 Å². The van der Waals surface area contributed by atoms with E-state index in [4.69, 9.17) is 4.74 Å². The number of anilines is 2. The molecule has 2 aromatic rings. The largest absolute Gasteiger partial charge is 0.385 e. The van der Waals surface area contributed by atoms with Gasteiger partial charge in [-0.1, -0.05) is 24.3 Å². The van der Waals surface area contributed by atoms with Gasteiger partial charge < -0.3 is 15.0 Å². The summed E-state index contributed by atoms with van der Waals surface area (Å²) in [7, 11) is 1.72. The molecule has 0 bridgehead atoms. The monoisotopic (exact) mass is 298 g/mol. The molecule has 0 saturated carbocycles. The number of fused-ring (bicyclic) bond motifs is 1. The molecule has 0 saturated heterocycles. The lowest BCUT2D eigenvalue weighted by Crippen LogP contribution is -2.31. The molecule has 1 aromatic heterocycles. The molecule has 1 aliphatic heterocycles. The second kappa shape index (κ2) is 7.22. The fraction of sp³-hybridized carbons (Fsp3) is 0.412. The third-order valence-corrected chi connectivity index (χ3v) is 3.94. The van der Waals surface area contributed by atoms with Crippen molar-refractivity contribution in [3.63, 3.8) is 0 Å². The molecule has 2 heterocycles. The number of nitrogens with zero attached hydrogens (tertiary/aromatic N) is 3. The van der Waals surface area contributed by atoms with Crippen molar-refractivity contribution in [2.45, 2.75) is 19.4 Å². The van der Waals surface area contributed by atoms with Crippen LogP contribution in [-0.4, -0.2) is 36.8 Å². The van der Waals surface area contributed by atoms with E-state index in [9.17, 15) is 0 Å². The Morgan fingerprint density at radius 3 is 2.95 bits per heavy atom. The van der Waals surface area contributed by atoms with E-state index >= 15 is 0 Å². The molecular formula is C17H22N4O. The van der Waals surface area contributed by atoms with Crippen LogP contribution in [0.1, 0.15) is 17.5 Å². The first-order valence-corrected chi connectivity index (χ1v) is 7.73. The van der Waals surface area contributed by atoms with Crippen LogP contribution in [-0.2, 0) is 17.7 Å². The van der Waals surface area contributed by atoms with Crippen LogP contribution in [0.2, 0.25) is 0 Å². The van der Waals surface area contributed by atoms with E-state index in [0.717, 1.165) is 50.7 Å². The minimum atomic E-state index is 0.758. The van der Waals surface area contributed by atoms with Gasteiger partial charge in [0.05, 0.1) is 0 Å². The molecule has 1 aliphatic rings. The Bertz CT molecular complexity index is 617. The van der Waals surface area contributed by atoms with Crippen LogP contribution < -0.4 is 10.2 Å². The number of benzene rings is 1. The third kappa shape index (κ3) is 3.54. The number of methoxy groups -OCH3 is 1. The van der Waals surface area contributed by atoms with Gasteiger partial charge in [0.25, 0.3) is 0 Å². The van der Waals surface area contributed by atoms with Crippen molar-refractivity contribution in [2.75, 3.05) is 37.0 Å². The lowest BCUT2D eigenvalue weighted by Gasteiger charge is -2.29. The van der Waals surface area contributed by atoms with E-state index < -0.39 is 0 Å². The van der Waals surface area contributed by atoms with Gasteiger partial charge in [-0.2, -0.15) is 0 Å². The SMILES string of the molecule is COCCCNc1cc(N2CCc3ccccc3C2)ncn1. The van der Waals surface area contributed by atoms with Gasteiger partial charge in [0.15, 0.2) is 0 Å². The molecule has 5 heteroatoms. The number of hydrogen-bond donors (Lipinski definition) is 1. The van der Waals surface area contributed by atoms with Gasteiger partial charge in [0.2, 0.25) is 0 Å². The van der Waals surface area contributed by atoms with Crippen LogP contribution in [0.25, 0.3) is 0 Å². The summed E-state index contributed by atoms with van der Waals surface area (Å²) in [5.41, 5.74) is 2.84. The predicted octanol–water partition coefficient (Wildman–Crippen LogP) is 2.49. The number of nitrogens with one attached hydrogen (secondary N) is 1. The van der Waals surface area contributed by atoms with E-state index in [1.54, 1.807) is 13.4 Å². The summed E-state index contributed by atoms with van der Waals surface area (Å²) in [5, 5.41) is 3.32. The molecule has 1 aromatic carbocycles. The molecule has 22 heavy (non-hydrogen) atoms. The summed E-state index contributed by atoms with van der Waals surface area (Å²) in [4.78, 5) is 11.0. The first-order valence-electron chi connectivity index (χ1n) is 7.73. The van der Waals surface area contributed by atoms with Crippen LogP contribution in [0.4, 0.5) is 11.6 Å². The number of ether oxygens (including phenoxy) is 1. The van der Waals surface area contributed by atoms with Crippen molar-refractivity contribution in [3.05, 3.63) is 47.8 Å². The fourth-order valence-corrected chi connectivity index (χ4v) is 2.74. The van der Waals surface area contributed by atoms with E-state index in [-0.39, 0.29) is 0 Å². The van der Waals surface area contributed by atoms with Crippen LogP contribution in [0.15, 0.2) is 36.7 Å². The zero-order chi connectivity index (χ0) is 15.2. The van der Waals surface area contributed by atoms with Gasteiger partial charge in [-0.05, 0) is 24.0 Å². The molecule has 0 amide bonds. The maximum Gasteiger partial charge on any atom is 0.134 e. The van der Waals surface area contributed by atoms with Crippen molar-refractivity contribution in [3.8, 4) is 0 Å². The van der Waals surface area contributed by atoms with Crippen LogP contribution in [0, 0.1) is 0 Å². The highest BCUT2D eigenvalue weighted by atomic mass is 16.5. The number of aromatic nitrogens is 2. The minimum absolute atomic E-state index is 0.758. The molecule has 1 N–H and O–H groups in total. The van der Waals surface area contributed by atoms with E-state index in [1.165, 1.54) is 11.1 Å². The fourth-order valence-electron chi connectivity index (χ4n) is 2.74. The highest BCUT2D eigenvalue weighted by Crippen LogP contribution is 2.23. The molecule has 5 nitrogen and oxygen atoms in total. The van der Waals surface area contributed by atoms with Gasteiger partial charge in [-0.15, -0.1) is 0 Å². The van der Waals surface area contributed by atoms with Gasteiger partial charge in [-0.25, -0.2) is 9.97 Å². The van der Waals surface area contributed by atoms with Crippen molar-refractivity contribution in [1.29, 1.82) is 0 Å². The zero-order valence-corrected chi connectivity index (χ0v) is 13.0. The van der Waals surface area contributed by atoms with E-state index in [1.807, 2.05) is 6.07 Å². The Balaban J connectivity index is 1.65. The lowest BCUT2D eigenvalue weighted by atomic mass is 10.00. The zero-order valence-electron chi connectivity index (χ0n) is 13.0. The highest BCUT2D eigenvalue weighted by Gasteiger charge is 2.17. The summed E-state index contributed by atoms with van der Waals surface area (Å²) >= 11 is 0. The number of hydrogen-bond acceptors (Lipinski definition) is 5. The van der Waals surface area contributed by atoms with Crippen LogP contribution >= 0.6 is 0 Å². The summed E-state index contributed by atoms with van der Waals surface area (Å²) in [6.07, 6.45) is 3.66. The van der Waals surface area contributed by atoms with Gasteiger partial charge in [0, 0.05) is 39.4 Å². The molecule has 0 aliphatic carbocycles. The molecule has 3 rings (SSSR count). The molecule has 0 radical (unpaired) electrons. The summed E-state index contributed by atoms with van der Waals surface area (Å²) in [5.74, 6) is 1.86. The summed E-state index contributed by atoms with van der Waals surface area (Å²) < 4.78 is 5.05. The van der Waals surface area contributed by atoms with Crippen molar-refractivity contribution >= 4 is 11.6 Å². The lowest BCUT2D eigenvalue weighted by molar-refractivity contribution is 0.198. The molecule has 0 unspecified atom stereocenters. The Labute approximate surface area is 131 Å². The quantitative estimate of drug-likeness (QED) is 0.830. The van der Waals surface area contributed by atoms with Crippen LogP contribution in [0.3, 0.4) is 0 Å². The average Bonchev–Trinajstić information content (AvgIpc) is 2.59. The maximum absolute atomic E-state index is 5.05. The number of rotatable bonds is 6. The minimum Gasteiger partial charge on any atom is -0.385 e. The molecule has 0 spiro atoms. The van der Waals surface area contributed by atoms with E-state index in [2.05, 4.69) is 44.5 Å². The first-order chi connectivity index (χ1) is 10.9. The second-order valence-corrected chi connectivity index (χ2v) is 5.47. The smallest absolute Gasteiger partial charge is 0.134 e. The average molecular weight is 298 g/mol. The standard InChI is InChI=1S/C17H22N4O/c1-22-10-4-8-18-16-11-17(20-13-19-16)21-9-7-14-5-2-3-6-15(14)12-21/h2-3,5-6,11,13H,4,7-10,12H2,1H3,(H,18,19,20). The normalized spacial score (nSPS) is 13.8. The first kappa shape index (κ1) is 14.8. The molecule has 116 valence electrons. The highest BCUT2D eigenvalue weighted by molar-refractivity contribution is 5.50. The van der Waals surface area contributed by atoms with Crippen LogP contribution in [0.5, 0.6) is 0 Å². The topological polar surface area (TPSA) is 50.3 Å². The van der Waals surface area contributed by atoms with Gasteiger partial charge in [-0.3, -0.25) is 0 Å². The second-order valence-electron chi connectivity index (χ2n) is 5.47. The maximum atomic E-state index is 5.05. The Morgan fingerprint density at radius 2 is 2.09 bits per heavy atom. The van der Waals surface area contributed by atoms with Crippen molar-refractivity contribution < 1.29 is 4.74 Å². The third-order valence-electron chi connectivity index (χ3n) is 3.94. The van der Waals surface area contributed by atoms with Gasteiger partial charge in [0.1, 0.15) is 18.0 Å². The molecular weight excluding hydrogens is 276 g/mol. The van der Waals surface area contributed by atoms with Crippen molar-refractivity contribution in [1.82, 2.24) is 9.97 Å². The summed E-state index contributed by atoms with van der Waals surface area (Å²) in [6, 6.07) is 10.7. The van der Waals surface area contributed by atoms with Crippen molar-refractivity contribution in [2.24, 2.45) is 0 Å². The Morgan fingerprint density at radius 1 is 1.23 bits per heavy atom. The molecule has 0 atom stereocenters. The molecule has 0 fully saturated rings. The Kier molecular flexibility index (Phi) is 4.85.